The third kappa shape index (κ3) is 2.01. The summed E-state index contributed by atoms with van der Waals surface area (Å²) < 4.78 is 5.87. The molecule has 1 aliphatic rings. The Morgan fingerprint density at radius 1 is 0.625 bits per heavy atom. The van der Waals surface area contributed by atoms with Gasteiger partial charge in [-0.15, -0.1) is 0 Å². The molecule has 0 fully saturated rings. The van der Waals surface area contributed by atoms with Crippen molar-refractivity contribution in [2.75, 3.05) is 0 Å². The molecule has 1 aromatic heterocycles. The van der Waals surface area contributed by atoms with Crippen molar-refractivity contribution in [3.63, 3.8) is 0 Å². The molecule has 0 radical (unpaired) electrons. The Morgan fingerprint density at radius 3 is 1.92 bits per heavy atom. The molecule has 4 aromatic rings. The van der Waals surface area contributed by atoms with Gasteiger partial charge in [0.05, 0.1) is 6.26 Å². The minimum Gasteiger partial charge on any atom is -0.464 e. The lowest BCUT2D eigenvalue weighted by atomic mass is 9.83. The molecular formula is C23H18O. The molecule has 3 aromatic carbocycles. The van der Waals surface area contributed by atoms with E-state index in [1.807, 2.05) is 18.4 Å². The van der Waals surface area contributed by atoms with Gasteiger partial charge >= 0.3 is 0 Å². The highest BCUT2D eigenvalue weighted by molar-refractivity contribution is 5.83. The van der Waals surface area contributed by atoms with Crippen molar-refractivity contribution in [2.45, 2.75) is 18.8 Å². The topological polar surface area (TPSA) is 13.1 Å². The molecular weight excluding hydrogens is 292 g/mol. The molecule has 0 amide bonds. The van der Waals surface area contributed by atoms with Gasteiger partial charge in [-0.25, -0.2) is 0 Å². The largest absolute Gasteiger partial charge is 0.464 e. The summed E-state index contributed by atoms with van der Waals surface area (Å²) in [6.07, 6.45) is 4.15. The second-order valence-corrected chi connectivity index (χ2v) is 6.52. The summed E-state index contributed by atoms with van der Waals surface area (Å²) in [5, 5.41) is 1.22. The maximum atomic E-state index is 5.87. The van der Waals surface area contributed by atoms with Crippen LogP contribution in [0.5, 0.6) is 0 Å². The van der Waals surface area contributed by atoms with Crippen LogP contribution in [0.1, 0.15) is 33.7 Å². The summed E-state index contributed by atoms with van der Waals surface area (Å²) in [7, 11) is 0. The normalized spacial score (nSPS) is 14.2. The van der Waals surface area contributed by atoms with Gasteiger partial charge in [0, 0.05) is 16.9 Å². The molecule has 0 bridgehead atoms. The first-order valence-corrected chi connectivity index (χ1v) is 8.53. The van der Waals surface area contributed by atoms with Crippen LogP contribution in [0.4, 0.5) is 0 Å². The number of hydrogen-bond donors (Lipinski definition) is 0. The number of benzene rings is 3. The average Bonchev–Trinajstić information content (AvgIpc) is 2.98. The Hall–Kier alpha value is -2.80. The minimum atomic E-state index is 0.239. The van der Waals surface area contributed by atoms with Crippen molar-refractivity contribution in [2.24, 2.45) is 0 Å². The van der Waals surface area contributed by atoms with Crippen molar-refractivity contribution in [1.29, 1.82) is 0 Å². The standard InChI is InChI=1S/C23H18O/c1-3-9-18-16(7-1)13-14-17-8-2-4-10-19(17)23(18)21-15-24-22-12-6-5-11-20(21)22/h1-12,15,23H,13-14H2. The molecule has 0 spiro atoms. The first-order valence-electron chi connectivity index (χ1n) is 8.53. The van der Waals surface area contributed by atoms with E-state index >= 15 is 0 Å². The third-order valence-corrected chi connectivity index (χ3v) is 5.22. The zero-order valence-corrected chi connectivity index (χ0v) is 13.4. The van der Waals surface area contributed by atoms with Crippen LogP contribution in [0.3, 0.4) is 0 Å². The van der Waals surface area contributed by atoms with E-state index in [-0.39, 0.29) is 5.92 Å². The van der Waals surface area contributed by atoms with E-state index in [2.05, 4.69) is 60.7 Å². The zero-order valence-electron chi connectivity index (χ0n) is 13.4. The van der Waals surface area contributed by atoms with Crippen LogP contribution < -0.4 is 0 Å². The van der Waals surface area contributed by atoms with Crippen molar-refractivity contribution in [1.82, 2.24) is 0 Å². The Labute approximate surface area is 141 Å². The van der Waals surface area contributed by atoms with Gasteiger partial charge in [0.15, 0.2) is 0 Å². The van der Waals surface area contributed by atoms with Crippen LogP contribution in [0.25, 0.3) is 11.0 Å². The van der Waals surface area contributed by atoms with Crippen LogP contribution in [0.15, 0.2) is 83.5 Å². The molecule has 1 heteroatoms. The maximum absolute atomic E-state index is 5.87. The van der Waals surface area contributed by atoms with Gasteiger partial charge in [-0.05, 0) is 41.2 Å². The first kappa shape index (κ1) is 13.6. The molecule has 0 saturated carbocycles. The van der Waals surface area contributed by atoms with Gasteiger partial charge in [0.25, 0.3) is 0 Å². The second-order valence-electron chi connectivity index (χ2n) is 6.52. The predicted molar refractivity (Wildman–Crippen MR) is 97.5 cm³/mol. The predicted octanol–water partition coefficient (Wildman–Crippen LogP) is 5.71. The van der Waals surface area contributed by atoms with E-state index in [1.165, 1.54) is 33.2 Å². The lowest BCUT2D eigenvalue weighted by Crippen LogP contribution is -2.05. The average molecular weight is 310 g/mol. The quantitative estimate of drug-likeness (QED) is 0.439. The van der Waals surface area contributed by atoms with Crippen LogP contribution in [0, 0.1) is 0 Å². The summed E-state index contributed by atoms with van der Waals surface area (Å²) >= 11 is 0. The second kappa shape index (κ2) is 5.38. The van der Waals surface area contributed by atoms with Gasteiger partial charge in [-0.3, -0.25) is 0 Å². The van der Waals surface area contributed by atoms with Crippen molar-refractivity contribution < 1.29 is 4.42 Å². The monoisotopic (exact) mass is 310 g/mol. The molecule has 0 atom stereocenters. The van der Waals surface area contributed by atoms with E-state index in [9.17, 15) is 0 Å². The molecule has 1 aliphatic carbocycles. The van der Waals surface area contributed by atoms with E-state index in [0.29, 0.717) is 0 Å². The smallest absolute Gasteiger partial charge is 0.134 e. The molecule has 0 N–H and O–H groups in total. The molecule has 0 saturated heterocycles. The fraction of sp³-hybridized carbons (Fsp3) is 0.130. The summed E-state index contributed by atoms with van der Waals surface area (Å²) in [5.41, 5.74) is 7.95. The Bertz CT molecular complexity index is 977. The van der Waals surface area contributed by atoms with Crippen molar-refractivity contribution >= 4 is 11.0 Å². The summed E-state index contributed by atoms with van der Waals surface area (Å²) in [6, 6.07) is 26.1. The molecule has 5 rings (SSSR count). The fourth-order valence-electron chi connectivity index (χ4n) is 4.08. The molecule has 0 unspecified atom stereocenters. The SMILES string of the molecule is c1ccc2c(c1)CCc1ccccc1C2c1coc2ccccc12. The lowest BCUT2D eigenvalue weighted by molar-refractivity contribution is 0.609. The summed E-state index contributed by atoms with van der Waals surface area (Å²) in [4.78, 5) is 0. The molecule has 24 heavy (non-hydrogen) atoms. The van der Waals surface area contributed by atoms with Crippen molar-refractivity contribution in [3.8, 4) is 0 Å². The van der Waals surface area contributed by atoms with Crippen LogP contribution >= 0.6 is 0 Å². The fourth-order valence-corrected chi connectivity index (χ4v) is 4.08. The molecule has 0 aliphatic heterocycles. The van der Waals surface area contributed by atoms with E-state index in [1.54, 1.807) is 0 Å². The number of para-hydroxylation sites is 1. The number of hydrogen-bond acceptors (Lipinski definition) is 1. The van der Waals surface area contributed by atoms with Gasteiger partial charge in [-0.2, -0.15) is 0 Å². The van der Waals surface area contributed by atoms with E-state index in [4.69, 9.17) is 4.42 Å². The number of furan rings is 1. The van der Waals surface area contributed by atoms with Crippen molar-refractivity contribution in [3.05, 3.63) is 107 Å². The van der Waals surface area contributed by atoms with Crippen LogP contribution in [0.2, 0.25) is 0 Å². The Morgan fingerprint density at radius 2 is 1.21 bits per heavy atom. The summed E-state index contributed by atoms with van der Waals surface area (Å²) in [5.74, 6) is 0.239. The third-order valence-electron chi connectivity index (χ3n) is 5.22. The van der Waals surface area contributed by atoms with Gasteiger partial charge in [0.1, 0.15) is 5.58 Å². The zero-order chi connectivity index (χ0) is 15.9. The maximum Gasteiger partial charge on any atom is 0.134 e. The number of aryl methyl sites for hydroxylation is 2. The highest BCUT2D eigenvalue weighted by atomic mass is 16.3. The van der Waals surface area contributed by atoms with Crippen LogP contribution in [-0.2, 0) is 12.8 Å². The van der Waals surface area contributed by atoms with Gasteiger partial charge < -0.3 is 4.42 Å². The highest BCUT2D eigenvalue weighted by Gasteiger charge is 2.27. The minimum absolute atomic E-state index is 0.239. The highest BCUT2D eigenvalue weighted by Crippen LogP contribution is 2.41. The van der Waals surface area contributed by atoms with Crippen LogP contribution in [-0.4, -0.2) is 0 Å². The number of fused-ring (bicyclic) bond motifs is 3. The first-order chi connectivity index (χ1) is 11.9. The molecule has 1 heterocycles. The lowest BCUT2D eigenvalue weighted by Gasteiger charge is -2.19. The molecule has 1 nitrogen and oxygen atoms in total. The Kier molecular flexibility index (Phi) is 3.05. The summed E-state index contributed by atoms with van der Waals surface area (Å²) in [6.45, 7) is 0. The molecule has 116 valence electrons. The van der Waals surface area contributed by atoms with E-state index in [0.717, 1.165) is 18.4 Å². The Balaban J connectivity index is 1.83. The number of rotatable bonds is 1. The van der Waals surface area contributed by atoms with Gasteiger partial charge in [-0.1, -0.05) is 66.7 Å². The van der Waals surface area contributed by atoms with Gasteiger partial charge in [0.2, 0.25) is 0 Å². The van der Waals surface area contributed by atoms with E-state index < -0.39 is 0 Å².